The molecule has 1 atom stereocenters. The molecule has 4 N–H and O–H groups in total. The zero-order valence-electron chi connectivity index (χ0n) is 9.51. The molecular weight excluding hydrogens is 232 g/mol. The van der Waals surface area contributed by atoms with Gasteiger partial charge in [-0.15, -0.1) is 0 Å². The van der Waals surface area contributed by atoms with E-state index in [1.54, 1.807) is 24.3 Å². The number of aliphatic carboxylic acids is 1. The van der Waals surface area contributed by atoms with Gasteiger partial charge in [-0.3, -0.25) is 4.79 Å². The minimum atomic E-state index is -1.03. The van der Waals surface area contributed by atoms with Crippen LogP contribution in [0.1, 0.15) is 11.1 Å². The summed E-state index contributed by atoms with van der Waals surface area (Å²) in [5.74, 6) is 0.681. The van der Waals surface area contributed by atoms with Gasteiger partial charge in [0.15, 0.2) is 0 Å². The summed E-state index contributed by atoms with van der Waals surface area (Å²) < 4.78 is 0. The smallest absolute Gasteiger partial charge is 0.320 e. The Morgan fingerprint density at radius 1 is 1.56 bits per heavy atom. The molecule has 5 heteroatoms. The fraction of sp³-hybridized carbons (Fsp3) is 0.154. The van der Waals surface area contributed by atoms with Crippen molar-refractivity contribution in [1.29, 1.82) is 0 Å². The van der Waals surface area contributed by atoms with Crippen LogP contribution in [0.2, 0.25) is 0 Å². The summed E-state index contributed by atoms with van der Waals surface area (Å²) in [6.45, 7) is 0. The van der Waals surface area contributed by atoms with Crippen molar-refractivity contribution in [3.05, 3.63) is 35.5 Å². The lowest BCUT2D eigenvalue weighted by Crippen LogP contribution is -2.32. The molecule has 0 saturated heterocycles. The number of carboxylic acid groups (broad SMARTS) is 1. The predicted octanol–water partition coefficient (Wildman–Crippen LogP) is 0.967. The van der Waals surface area contributed by atoms with Gasteiger partial charge in [0.05, 0.1) is 0 Å². The zero-order chi connectivity index (χ0) is 13.1. The van der Waals surface area contributed by atoms with Crippen molar-refractivity contribution in [2.75, 3.05) is 0 Å². The molecule has 5 nitrogen and oxygen atoms in total. The molecule has 1 heterocycles. The molecule has 2 aromatic rings. The van der Waals surface area contributed by atoms with E-state index in [1.807, 2.05) is 6.07 Å². The van der Waals surface area contributed by atoms with E-state index >= 15 is 0 Å². The average Bonchev–Trinajstić information content (AvgIpc) is 2.72. The highest BCUT2D eigenvalue weighted by atomic mass is 16.4. The third-order valence-electron chi connectivity index (χ3n) is 2.77. The lowest BCUT2D eigenvalue weighted by molar-refractivity contribution is -0.138. The molecule has 0 unspecified atom stereocenters. The van der Waals surface area contributed by atoms with Crippen LogP contribution in [0.15, 0.2) is 24.4 Å². The number of carbonyl (C=O) groups excluding carboxylic acids is 1. The summed E-state index contributed by atoms with van der Waals surface area (Å²) in [6.07, 6.45) is 3.30. The van der Waals surface area contributed by atoms with Crippen LogP contribution in [0.25, 0.3) is 17.0 Å². The molecule has 0 amide bonds. The van der Waals surface area contributed by atoms with Crippen molar-refractivity contribution >= 4 is 28.9 Å². The molecule has 0 aliphatic carbocycles. The fourth-order valence-electron chi connectivity index (χ4n) is 1.85. The zero-order valence-corrected chi connectivity index (χ0v) is 9.51. The number of nitrogens with one attached hydrogen (secondary N) is 1. The number of rotatable bonds is 4. The van der Waals surface area contributed by atoms with Crippen LogP contribution in [0.4, 0.5) is 0 Å². The van der Waals surface area contributed by atoms with Crippen molar-refractivity contribution in [1.82, 2.24) is 4.98 Å². The fourth-order valence-corrected chi connectivity index (χ4v) is 1.85. The Bertz CT molecular complexity index is 639. The second kappa shape index (κ2) is 4.87. The number of aromatic nitrogens is 1. The number of H-pyrrole nitrogens is 1. The van der Waals surface area contributed by atoms with Crippen LogP contribution in [-0.4, -0.2) is 28.0 Å². The first-order chi connectivity index (χ1) is 8.61. The summed E-state index contributed by atoms with van der Waals surface area (Å²) in [5, 5.41) is 9.67. The van der Waals surface area contributed by atoms with E-state index in [0.717, 1.165) is 22.0 Å². The summed E-state index contributed by atoms with van der Waals surface area (Å²) in [4.78, 5) is 24.1. The molecule has 0 aliphatic heterocycles. The van der Waals surface area contributed by atoms with Crippen molar-refractivity contribution in [3.63, 3.8) is 0 Å². The maximum atomic E-state index is 10.7. The first kappa shape index (κ1) is 12.1. The molecule has 0 bridgehead atoms. The van der Waals surface area contributed by atoms with Gasteiger partial charge in [-0.25, -0.2) is 4.79 Å². The summed E-state index contributed by atoms with van der Waals surface area (Å²) in [7, 11) is 0. The lowest BCUT2D eigenvalue weighted by Gasteiger charge is -2.05. The Morgan fingerprint density at radius 2 is 2.33 bits per heavy atom. The molecule has 1 aromatic heterocycles. The van der Waals surface area contributed by atoms with Crippen molar-refractivity contribution < 1.29 is 14.7 Å². The standard InChI is InChI=1S/C13H12N2O3/c14-11(13(17)18)6-9-7-15-12-2-1-8(3-4-16)5-10(9)12/h1-3,5,7,11,15H,6,14H2,(H,17,18)/t11-/m0/s1. The van der Waals surface area contributed by atoms with Gasteiger partial charge in [-0.2, -0.15) is 0 Å². The summed E-state index contributed by atoms with van der Waals surface area (Å²) in [5.41, 5.74) is 7.94. The number of aromatic amines is 1. The van der Waals surface area contributed by atoms with E-state index in [4.69, 9.17) is 10.8 Å². The van der Waals surface area contributed by atoms with Crippen LogP contribution >= 0.6 is 0 Å². The highest BCUT2D eigenvalue weighted by Gasteiger charge is 2.14. The number of benzene rings is 1. The molecule has 18 heavy (non-hydrogen) atoms. The molecule has 2 rings (SSSR count). The van der Waals surface area contributed by atoms with Crippen molar-refractivity contribution in [2.45, 2.75) is 12.5 Å². The minimum absolute atomic E-state index is 0.240. The van der Waals surface area contributed by atoms with Gasteiger partial charge in [0.2, 0.25) is 0 Å². The molecule has 92 valence electrons. The van der Waals surface area contributed by atoms with E-state index in [-0.39, 0.29) is 6.42 Å². The number of carboxylic acids is 1. The average molecular weight is 244 g/mol. The maximum absolute atomic E-state index is 10.7. The van der Waals surface area contributed by atoms with Crippen molar-refractivity contribution in [3.8, 4) is 0 Å². The van der Waals surface area contributed by atoms with Gasteiger partial charge in [0.1, 0.15) is 12.0 Å². The topological polar surface area (TPSA) is 96.2 Å². The van der Waals surface area contributed by atoms with Gasteiger partial charge < -0.3 is 15.8 Å². The van der Waals surface area contributed by atoms with Crippen LogP contribution < -0.4 is 5.73 Å². The van der Waals surface area contributed by atoms with Gasteiger partial charge in [-0.05, 0) is 23.3 Å². The Balaban J connectivity index is 2.42. The predicted molar refractivity (Wildman–Crippen MR) is 67.8 cm³/mol. The molecule has 0 aliphatic rings. The normalized spacial score (nSPS) is 12.1. The first-order valence-corrected chi connectivity index (χ1v) is 5.41. The Morgan fingerprint density at radius 3 is 3.00 bits per heavy atom. The minimum Gasteiger partial charge on any atom is -0.480 e. The van der Waals surface area contributed by atoms with Crippen molar-refractivity contribution in [2.24, 2.45) is 5.73 Å². The maximum Gasteiger partial charge on any atom is 0.320 e. The van der Waals surface area contributed by atoms with E-state index < -0.39 is 12.0 Å². The van der Waals surface area contributed by atoms with Gasteiger partial charge in [0, 0.05) is 29.6 Å². The van der Waals surface area contributed by atoms with Crippen LogP contribution in [0.3, 0.4) is 0 Å². The highest BCUT2D eigenvalue weighted by Crippen LogP contribution is 2.21. The first-order valence-electron chi connectivity index (χ1n) is 5.41. The van der Waals surface area contributed by atoms with Gasteiger partial charge in [0.25, 0.3) is 0 Å². The van der Waals surface area contributed by atoms with E-state index in [9.17, 15) is 9.59 Å². The number of fused-ring (bicyclic) bond motifs is 1. The summed E-state index contributed by atoms with van der Waals surface area (Å²) in [6, 6.07) is 4.48. The monoisotopic (exact) mass is 244 g/mol. The van der Waals surface area contributed by atoms with E-state index in [0.29, 0.717) is 0 Å². The van der Waals surface area contributed by atoms with Crippen LogP contribution in [0, 0.1) is 0 Å². The molecular formula is C13H12N2O3. The highest BCUT2D eigenvalue weighted by molar-refractivity contribution is 5.88. The summed E-state index contributed by atoms with van der Waals surface area (Å²) >= 11 is 0. The SMILES string of the molecule is N[C@@H](Cc1c[nH]c2ccc(C=C=O)cc12)C(=O)O. The van der Waals surface area contributed by atoms with E-state index in [1.165, 1.54) is 6.08 Å². The number of carbonyl (C=O) groups is 1. The number of nitrogens with two attached hydrogens (primary N) is 1. The quantitative estimate of drug-likeness (QED) is 0.698. The van der Waals surface area contributed by atoms with Gasteiger partial charge in [-0.1, -0.05) is 6.07 Å². The lowest BCUT2D eigenvalue weighted by atomic mass is 10.0. The third kappa shape index (κ3) is 2.32. The molecule has 0 spiro atoms. The Labute approximate surface area is 103 Å². The van der Waals surface area contributed by atoms with Gasteiger partial charge >= 0.3 is 5.97 Å². The molecule has 0 fully saturated rings. The molecule has 0 radical (unpaired) electrons. The third-order valence-corrected chi connectivity index (χ3v) is 2.77. The Kier molecular flexibility index (Phi) is 3.28. The molecule has 1 aromatic carbocycles. The number of hydrogen-bond donors (Lipinski definition) is 3. The number of hydrogen-bond acceptors (Lipinski definition) is 3. The second-order valence-electron chi connectivity index (χ2n) is 4.03. The second-order valence-corrected chi connectivity index (χ2v) is 4.03. The Hall–Kier alpha value is -2.36. The molecule has 0 saturated carbocycles. The van der Waals surface area contributed by atoms with Crippen LogP contribution in [-0.2, 0) is 16.0 Å². The van der Waals surface area contributed by atoms with E-state index in [2.05, 4.69) is 4.98 Å². The largest absolute Gasteiger partial charge is 0.480 e. The van der Waals surface area contributed by atoms with Crippen LogP contribution in [0.5, 0.6) is 0 Å².